The zero-order valence-electron chi connectivity index (χ0n) is 10.5. The van der Waals surface area contributed by atoms with E-state index >= 15 is 0 Å². The highest BCUT2D eigenvalue weighted by atomic mass is 32.2. The molecule has 0 aromatic rings. The average Bonchev–Trinajstić information content (AvgIpc) is 2.82. The molecule has 92 valence electrons. The van der Waals surface area contributed by atoms with E-state index in [0.29, 0.717) is 0 Å². The summed E-state index contributed by atoms with van der Waals surface area (Å²) in [5.74, 6) is 1.14. The van der Waals surface area contributed by atoms with Crippen LogP contribution in [0.25, 0.3) is 0 Å². The molecule has 0 saturated carbocycles. The summed E-state index contributed by atoms with van der Waals surface area (Å²) >= 11 is 1.86. The molecule has 0 spiro atoms. The van der Waals surface area contributed by atoms with Crippen molar-refractivity contribution in [2.24, 2.45) is 4.99 Å². The molecule has 4 heteroatoms. The molecule has 2 aliphatic heterocycles. The van der Waals surface area contributed by atoms with Crippen LogP contribution in [-0.2, 0) is 0 Å². The van der Waals surface area contributed by atoms with Gasteiger partial charge in [-0.3, -0.25) is 4.99 Å². The lowest BCUT2D eigenvalue weighted by molar-refractivity contribution is 0.336. The molecule has 1 N–H and O–H groups in total. The molecule has 0 amide bonds. The second-order valence-corrected chi connectivity index (χ2v) is 6.35. The fourth-order valence-electron chi connectivity index (χ4n) is 2.18. The van der Waals surface area contributed by atoms with Crippen molar-refractivity contribution in [3.05, 3.63) is 0 Å². The van der Waals surface area contributed by atoms with Gasteiger partial charge < -0.3 is 10.2 Å². The number of nitrogens with zero attached hydrogens (tertiary/aromatic N) is 2. The monoisotopic (exact) mass is 241 g/mol. The smallest absolute Gasteiger partial charge is 0.157 e. The Morgan fingerprint density at radius 1 is 1.38 bits per heavy atom. The maximum atomic E-state index is 4.62. The Labute approximate surface area is 103 Å². The SMILES string of the molecule is CC1(C)CSC(=NCCCN2CCCC2)N1. The minimum Gasteiger partial charge on any atom is -0.359 e. The molecule has 16 heavy (non-hydrogen) atoms. The minimum atomic E-state index is 0.235. The predicted molar refractivity (Wildman–Crippen MR) is 72.3 cm³/mol. The Bertz CT molecular complexity index is 257. The number of thioether (sulfide) groups is 1. The molecule has 0 aliphatic carbocycles. The van der Waals surface area contributed by atoms with E-state index in [2.05, 4.69) is 29.1 Å². The zero-order chi connectivity index (χ0) is 11.4. The molecular weight excluding hydrogens is 218 g/mol. The molecular formula is C12H23N3S. The van der Waals surface area contributed by atoms with Crippen LogP contribution in [0.5, 0.6) is 0 Å². The maximum Gasteiger partial charge on any atom is 0.157 e. The van der Waals surface area contributed by atoms with Crippen molar-refractivity contribution in [1.29, 1.82) is 0 Å². The number of rotatable bonds is 4. The van der Waals surface area contributed by atoms with Gasteiger partial charge >= 0.3 is 0 Å². The Balaban J connectivity index is 1.62. The van der Waals surface area contributed by atoms with Crippen LogP contribution in [0.4, 0.5) is 0 Å². The van der Waals surface area contributed by atoms with Gasteiger partial charge in [-0.05, 0) is 52.7 Å². The van der Waals surface area contributed by atoms with Gasteiger partial charge in [-0.1, -0.05) is 11.8 Å². The Kier molecular flexibility index (Phi) is 4.14. The van der Waals surface area contributed by atoms with Gasteiger partial charge in [0.25, 0.3) is 0 Å². The van der Waals surface area contributed by atoms with Crippen LogP contribution in [0, 0.1) is 0 Å². The van der Waals surface area contributed by atoms with Crippen LogP contribution in [0.3, 0.4) is 0 Å². The lowest BCUT2D eigenvalue weighted by atomic mass is 10.1. The summed E-state index contributed by atoms with van der Waals surface area (Å²) in [6, 6.07) is 0. The summed E-state index contributed by atoms with van der Waals surface area (Å²) in [5.41, 5.74) is 0.235. The summed E-state index contributed by atoms with van der Waals surface area (Å²) < 4.78 is 0. The van der Waals surface area contributed by atoms with Gasteiger partial charge in [0.2, 0.25) is 0 Å². The molecule has 0 aromatic carbocycles. The number of aliphatic imine (C=N–C) groups is 1. The fraction of sp³-hybridized carbons (Fsp3) is 0.917. The van der Waals surface area contributed by atoms with Crippen LogP contribution >= 0.6 is 11.8 Å². The first-order valence-corrected chi connectivity index (χ1v) is 7.32. The third-order valence-corrected chi connectivity index (χ3v) is 4.47. The summed E-state index contributed by atoms with van der Waals surface area (Å²) in [4.78, 5) is 7.18. The summed E-state index contributed by atoms with van der Waals surface area (Å²) in [6.07, 6.45) is 3.98. The largest absolute Gasteiger partial charge is 0.359 e. The molecule has 2 fully saturated rings. The number of likely N-dealkylation sites (tertiary alicyclic amines) is 1. The normalized spacial score (nSPS) is 27.5. The molecule has 0 radical (unpaired) electrons. The summed E-state index contributed by atoms with van der Waals surface area (Å²) in [7, 11) is 0. The Morgan fingerprint density at radius 2 is 2.12 bits per heavy atom. The topological polar surface area (TPSA) is 27.6 Å². The van der Waals surface area contributed by atoms with Crippen LogP contribution in [0.1, 0.15) is 33.1 Å². The van der Waals surface area contributed by atoms with Gasteiger partial charge in [0.05, 0.1) is 0 Å². The van der Waals surface area contributed by atoms with E-state index < -0.39 is 0 Å². The molecule has 2 aliphatic rings. The van der Waals surface area contributed by atoms with Crippen molar-refractivity contribution in [3.63, 3.8) is 0 Å². The third-order valence-electron chi connectivity index (χ3n) is 3.10. The van der Waals surface area contributed by atoms with Crippen molar-refractivity contribution in [3.8, 4) is 0 Å². The van der Waals surface area contributed by atoms with Gasteiger partial charge in [-0.25, -0.2) is 0 Å². The number of hydrogen-bond acceptors (Lipinski definition) is 3. The average molecular weight is 241 g/mol. The van der Waals surface area contributed by atoms with E-state index in [1.54, 1.807) is 0 Å². The van der Waals surface area contributed by atoms with Crippen molar-refractivity contribution >= 4 is 16.9 Å². The molecule has 3 nitrogen and oxygen atoms in total. The van der Waals surface area contributed by atoms with Gasteiger partial charge in [0.1, 0.15) is 0 Å². The lowest BCUT2D eigenvalue weighted by Crippen LogP contribution is -2.37. The van der Waals surface area contributed by atoms with Crippen molar-refractivity contribution in [2.45, 2.75) is 38.6 Å². The Morgan fingerprint density at radius 3 is 2.75 bits per heavy atom. The minimum absolute atomic E-state index is 0.235. The van der Waals surface area contributed by atoms with E-state index in [4.69, 9.17) is 0 Å². The highest BCUT2D eigenvalue weighted by Gasteiger charge is 2.26. The van der Waals surface area contributed by atoms with E-state index in [0.717, 1.165) is 17.5 Å². The molecule has 0 aromatic heterocycles. The first-order chi connectivity index (χ1) is 7.66. The van der Waals surface area contributed by atoms with Crippen LogP contribution in [0.2, 0.25) is 0 Å². The number of nitrogens with one attached hydrogen (secondary N) is 1. The van der Waals surface area contributed by atoms with E-state index in [-0.39, 0.29) is 5.54 Å². The van der Waals surface area contributed by atoms with Crippen LogP contribution < -0.4 is 5.32 Å². The quantitative estimate of drug-likeness (QED) is 0.762. The van der Waals surface area contributed by atoms with Gasteiger partial charge in [-0.15, -0.1) is 0 Å². The van der Waals surface area contributed by atoms with Crippen molar-refractivity contribution < 1.29 is 0 Å². The van der Waals surface area contributed by atoms with Crippen LogP contribution in [-0.4, -0.2) is 47.5 Å². The lowest BCUT2D eigenvalue weighted by Gasteiger charge is -2.16. The Hall–Kier alpha value is -0.220. The maximum absolute atomic E-state index is 4.62. The molecule has 0 atom stereocenters. The van der Waals surface area contributed by atoms with E-state index in [1.165, 1.54) is 38.9 Å². The van der Waals surface area contributed by atoms with Crippen molar-refractivity contribution in [1.82, 2.24) is 10.2 Å². The second kappa shape index (κ2) is 5.41. The van der Waals surface area contributed by atoms with Gasteiger partial charge in [0, 0.05) is 17.8 Å². The first kappa shape index (κ1) is 12.2. The molecule has 2 rings (SSSR count). The molecule has 0 unspecified atom stereocenters. The molecule has 2 heterocycles. The van der Waals surface area contributed by atoms with E-state index in [1.807, 2.05) is 11.8 Å². The van der Waals surface area contributed by atoms with Crippen molar-refractivity contribution in [2.75, 3.05) is 31.9 Å². The van der Waals surface area contributed by atoms with Crippen LogP contribution in [0.15, 0.2) is 4.99 Å². The number of hydrogen-bond donors (Lipinski definition) is 1. The standard InChI is InChI=1S/C12H23N3S/c1-12(2)10-16-11(14-12)13-6-5-9-15-7-3-4-8-15/h3-10H2,1-2H3,(H,13,14). The van der Waals surface area contributed by atoms with Gasteiger partial charge in [0.15, 0.2) is 5.17 Å². The first-order valence-electron chi connectivity index (χ1n) is 6.33. The highest BCUT2D eigenvalue weighted by molar-refractivity contribution is 8.14. The highest BCUT2D eigenvalue weighted by Crippen LogP contribution is 2.21. The third kappa shape index (κ3) is 3.67. The molecule has 2 saturated heterocycles. The van der Waals surface area contributed by atoms with Gasteiger partial charge in [-0.2, -0.15) is 0 Å². The summed E-state index contributed by atoms with van der Waals surface area (Å²) in [5, 5.41) is 4.60. The van der Waals surface area contributed by atoms with E-state index in [9.17, 15) is 0 Å². The summed E-state index contributed by atoms with van der Waals surface area (Å²) in [6.45, 7) is 9.26. The number of amidine groups is 1. The fourth-order valence-corrected chi connectivity index (χ4v) is 3.28. The zero-order valence-corrected chi connectivity index (χ0v) is 11.3. The predicted octanol–water partition coefficient (Wildman–Crippen LogP) is 1.94. The second-order valence-electron chi connectivity index (χ2n) is 5.39. The molecule has 0 bridgehead atoms.